The molecule has 0 bridgehead atoms. The first-order valence-corrected chi connectivity index (χ1v) is 10.9. The van der Waals surface area contributed by atoms with Gasteiger partial charge < -0.3 is 10.2 Å². The van der Waals surface area contributed by atoms with Crippen LogP contribution in [-0.2, 0) is 17.6 Å². The average Bonchev–Trinajstić information content (AvgIpc) is 3.32. The molecule has 1 N–H and O–H groups in total. The molecular weight excluding hydrogens is 364 g/mol. The van der Waals surface area contributed by atoms with E-state index in [0.717, 1.165) is 29.0 Å². The van der Waals surface area contributed by atoms with Gasteiger partial charge in [-0.3, -0.25) is 9.59 Å². The van der Waals surface area contributed by atoms with Gasteiger partial charge in [-0.2, -0.15) is 0 Å². The topological polar surface area (TPSA) is 49.4 Å². The molecule has 136 valence electrons. The molecule has 1 aliphatic heterocycles. The molecule has 0 radical (unpaired) electrons. The van der Waals surface area contributed by atoms with Crippen LogP contribution in [0.3, 0.4) is 0 Å². The van der Waals surface area contributed by atoms with E-state index in [4.69, 9.17) is 0 Å². The molecule has 1 saturated heterocycles. The largest absolute Gasteiger partial charge is 0.324 e. The highest BCUT2D eigenvalue weighted by Crippen LogP contribution is 2.33. The van der Waals surface area contributed by atoms with E-state index in [1.165, 1.54) is 22.4 Å². The van der Waals surface area contributed by atoms with Gasteiger partial charge in [-0.1, -0.05) is 6.07 Å². The van der Waals surface area contributed by atoms with Crippen LogP contribution in [0.2, 0.25) is 0 Å². The Labute approximate surface area is 162 Å². The van der Waals surface area contributed by atoms with Gasteiger partial charge in [0.15, 0.2) is 0 Å². The molecule has 1 aromatic carbocycles. The zero-order valence-corrected chi connectivity index (χ0v) is 16.6. The monoisotopic (exact) mass is 386 g/mol. The average molecular weight is 387 g/mol. The number of fused-ring (bicyclic) bond motifs is 1. The first-order valence-electron chi connectivity index (χ1n) is 8.91. The molecule has 2 amide bonds. The molecule has 4 nitrogen and oxygen atoms in total. The molecule has 0 spiro atoms. The SMILES string of the molecule is Cc1ccc(NC(=O)[C@@H]2CSCN2C(=O)c2cc3c(s2)CCC3)cc1C. The standard InChI is InChI=1S/C20H22N2O2S2/c1-12-6-7-15(8-13(12)2)21-19(23)16-10-25-11-22(16)20(24)18-9-14-4-3-5-17(14)26-18/h6-9,16H,3-5,10-11H2,1-2H3,(H,21,23)/t16-/m0/s1. The summed E-state index contributed by atoms with van der Waals surface area (Å²) >= 11 is 3.24. The summed E-state index contributed by atoms with van der Waals surface area (Å²) in [7, 11) is 0. The van der Waals surface area contributed by atoms with Crippen molar-refractivity contribution in [2.45, 2.75) is 39.2 Å². The predicted molar refractivity (Wildman–Crippen MR) is 108 cm³/mol. The minimum atomic E-state index is -0.411. The molecule has 2 heterocycles. The summed E-state index contributed by atoms with van der Waals surface area (Å²) in [6.07, 6.45) is 3.35. The normalized spacial score (nSPS) is 18.8. The number of nitrogens with one attached hydrogen (secondary N) is 1. The number of carbonyl (C=O) groups excluding carboxylic acids is 2. The van der Waals surface area contributed by atoms with E-state index in [2.05, 4.69) is 5.32 Å². The molecule has 0 saturated carbocycles. The molecule has 2 aliphatic rings. The lowest BCUT2D eigenvalue weighted by atomic mass is 10.1. The number of rotatable bonds is 3. The Balaban J connectivity index is 1.49. The Bertz CT molecular complexity index is 853. The van der Waals surface area contributed by atoms with E-state index in [0.29, 0.717) is 11.6 Å². The predicted octanol–water partition coefficient (Wildman–Crippen LogP) is 4.01. The smallest absolute Gasteiger partial charge is 0.265 e. The quantitative estimate of drug-likeness (QED) is 0.867. The third-order valence-electron chi connectivity index (χ3n) is 5.18. The number of thiophene rings is 1. The van der Waals surface area contributed by atoms with E-state index in [1.807, 2.05) is 38.1 Å². The second-order valence-electron chi connectivity index (χ2n) is 6.99. The summed E-state index contributed by atoms with van der Waals surface area (Å²) in [5, 5.41) is 2.98. The van der Waals surface area contributed by atoms with Crippen LogP contribution < -0.4 is 5.32 Å². The summed E-state index contributed by atoms with van der Waals surface area (Å²) in [5.41, 5.74) is 4.45. The van der Waals surface area contributed by atoms with E-state index < -0.39 is 6.04 Å². The number of nitrogens with zero attached hydrogens (tertiary/aromatic N) is 1. The van der Waals surface area contributed by atoms with E-state index in [-0.39, 0.29) is 11.8 Å². The van der Waals surface area contributed by atoms with Crippen LogP contribution in [0.1, 0.15) is 37.7 Å². The number of thioether (sulfide) groups is 1. The second-order valence-corrected chi connectivity index (χ2v) is 9.13. The fourth-order valence-electron chi connectivity index (χ4n) is 3.48. The van der Waals surface area contributed by atoms with Crippen LogP contribution in [0.5, 0.6) is 0 Å². The fraction of sp³-hybridized carbons (Fsp3) is 0.400. The van der Waals surface area contributed by atoms with Gasteiger partial charge >= 0.3 is 0 Å². The molecule has 0 unspecified atom stereocenters. The lowest BCUT2D eigenvalue weighted by molar-refractivity contribution is -0.119. The lowest BCUT2D eigenvalue weighted by Crippen LogP contribution is -2.44. The van der Waals surface area contributed by atoms with Crippen molar-refractivity contribution in [3.63, 3.8) is 0 Å². The van der Waals surface area contributed by atoms with Crippen LogP contribution in [0.4, 0.5) is 5.69 Å². The van der Waals surface area contributed by atoms with Crippen molar-refractivity contribution in [1.29, 1.82) is 0 Å². The third kappa shape index (κ3) is 3.28. The Morgan fingerprint density at radius 2 is 2.00 bits per heavy atom. The zero-order chi connectivity index (χ0) is 18.3. The number of aryl methyl sites for hydroxylation is 4. The van der Waals surface area contributed by atoms with Gasteiger partial charge in [0.2, 0.25) is 5.91 Å². The fourth-order valence-corrected chi connectivity index (χ4v) is 5.84. The minimum Gasteiger partial charge on any atom is -0.324 e. The Morgan fingerprint density at radius 1 is 1.15 bits per heavy atom. The first kappa shape index (κ1) is 17.6. The van der Waals surface area contributed by atoms with Crippen LogP contribution in [0.15, 0.2) is 24.3 Å². The van der Waals surface area contributed by atoms with Crippen LogP contribution in [-0.4, -0.2) is 34.4 Å². The summed E-state index contributed by atoms with van der Waals surface area (Å²) < 4.78 is 0. The molecule has 26 heavy (non-hydrogen) atoms. The van der Waals surface area contributed by atoms with Gasteiger partial charge in [-0.25, -0.2) is 0 Å². The molecule has 1 aromatic heterocycles. The highest BCUT2D eigenvalue weighted by Gasteiger charge is 2.36. The van der Waals surface area contributed by atoms with Gasteiger partial charge in [0.1, 0.15) is 6.04 Å². The minimum absolute atomic E-state index is 0.00497. The Morgan fingerprint density at radius 3 is 2.77 bits per heavy atom. The van der Waals surface area contributed by atoms with E-state index >= 15 is 0 Å². The van der Waals surface area contributed by atoms with Gasteiger partial charge in [0.25, 0.3) is 5.91 Å². The lowest BCUT2D eigenvalue weighted by Gasteiger charge is -2.22. The summed E-state index contributed by atoms with van der Waals surface area (Å²) in [4.78, 5) is 29.6. The number of hydrogen-bond donors (Lipinski definition) is 1. The number of hydrogen-bond acceptors (Lipinski definition) is 4. The van der Waals surface area contributed by atoms with Crippen molar-refractivity contribution in [2.75, 3.05) is 16.9 Å². The molecular formula is C20H22N2O2S2. The number of amides is 2. The molecule has 1 aliphatic carbocycles. The highest BCUT2D eigenvalue weighted by molar-refractivity contribution is 7.99. The summed E-state index contributed by atoms with van der Waals surface area (Å²) in [6.45, 7) is 4.08. The van der Waals surface area contributed by atoms with Crippen molar-refractivity contribution in [3.8, 4) is 0 Å². The Kier molecular flexibility index (Phi) is 4.80. The van der Waals surface area contributed by atoms with E-state index in [1.54, 1.807) is 28.0 Å². The first-order chi connectivity index (χ1) is 12.5. The molecule has 1 atom stereocenters. The Hall–Kier alpha value is -1.79. The molecule has 2 aromatic rings. The van der Waals surface area contributed by atoms with Crippen LogP contribution >= 0.6 is 23.1 Å². The van der Waals surface area contributed by atoms with Crippen LogP contribution in [0.25, 0.3) is 0 Å². The van der Waals surface area contributed by atoms with Crippen molar-refractivity contribution in [1.82, 2.24) is 4.90 Å². The van der Waals surface area contributed by atoms with Gasteiger partial charge in [0.05, 0.1) is 10.8 Å². The molecule has 6 heteroatoms. The second kappa shape index (κ2) is 7.08. The maximum Gasteiger partial charge on any atom is 0.265 e. The summed E-state index contributed by atoms with van der Waals surface area (Å²) in [6, 6.07) is 7.52. The molecule has 4 rings (SSSR count). The van der Waals surface area contributed by atoms with Gasteiger partial charge in [-0.15, -0.1) is 23.1 Å². The summed E-state index contributed by atoms with van der Waals surface area (Å²) in [5.74, 6) is 1.12. The van der Waals surface area contributed by atoms with Crippen LogP contribution in [0, 0.1) is 13.8 Å². The van der Waals surface area contributed by atoms with Crippen molar-refractivity contribution in [3.05, 3.63) is 50.7 Å². The number of anilines is 1. The van der Waals surface area contributed by atoms with Crippen molar-refractivity contribution >= 4 is 40.6 Å². The van der Waals surface area contributed by atoms with Crippen molar-refractivity contribution in [2.24, 2.45) is 0 Å². The van der Waals surface area contributed by atoms with Crippen molar-refractivity contribution < 1.29 is 9.59 Å². The highest BCUT2D eigenvalue weighted by atomic mass is 32.2. The molecule has 1 fully saturated rings. The van der Waals surface area contributed by atoms with Gasteiger partial charge in [-0.05, 0) is 68.0 Å². The number of carbonyl (C=O) groups is 2. The maximum atomic E-state index is 13.0. The number of benzene rings is 1. The maximum absolute atomic E-state index is 13.0. The van der Waals surface area contributed by atoms with Gasteiger partial charge in [0, 0.05) is 16.3 Å². The van der Waals surface area contributed by atoms with E-state index in [9.17, 15) is 9.59 Å². The third-order valence-corrected chi connectivity index (χ3v) is 7.41. The zero-order valence-electron chi connectivity index (χ0n) is 15.0.